The van der Waals surface area contributed by atoms with Crippen LogP contribution in [0.15, 0.2) is 0 Å². The van der Waals surface area contributed by atoms with Crippen molar-refractivity contribution in [2.24, 2.45) is 0 Å². The number of rotatable bonds is 6. The van der Waals surface area contributed by atoms with E-state index in [4.69, 9.17) is 16.7 Å². The highest BCUT2D eigenvalue weighted by atomic mass is 35.5. The molecule has 1 aliphatic rings. The Morgan fingerprint density at radius 1 is 1.13 bits per heavy atom. The smallest absolute Gasteiger partial charge is 0.304 e. The van der Waals surface area contributed by atoms with Crippen LogP contribution in [0.1, 0.15) is 12.8 Å². The van der Waals surface area contributed by atoms with Gasteiger partial charge in [-0.05, 0) is 13.0 Å². The Bertz CT molecular complexity index is 194. The highest BCUT2D eigenvalue weighted by Crippen LogP contribution is 2.03. The largest absolute Gasteiger partial charge is 0.481 e. The Kier molecular flexibility index (Phi) is 5.98. The zero-order valence-electron chi connectivity index (χ0n) is 8.99. The fourth-order valence-corrected chi connectivity index (χ4v) is 1.89. The van der Waals surface area contributed by atoms with Crippen LogP contribution in [-0.2, 0) is 4.79 Å². The maximum Gasteiger partial charge on any atom is 0.304 e. The van der Waals surface area contributed by atoms with Crippen molar-refractivity contribution in [2.75, 3.05) is 45.1 Å². The zero-order valence-corrected chi connectivity index (χ0v) is 9.75. The fraction of sp³-hybridized carbons (Fsp3) is 0.900. The van der Waals surface area contributed by atoms with Gasteiger partial charge < -0.3 is 14.9 Å². The number of aliphatic carboxylic acids is 1. The highest BCUT2D eigenvalue weighted by Gasteiger charge is 2.16. The summed E-state index contributed by atoms with van der Waals surface area (Å²) in [5, 5.41) is 8.56. The first-order valence-electron chi connectivity index (χ1n) is 5.45. The summed E-state index contributed by atoms with van der Waals surface area (Å²) in [6.07, 6.45) is 1.29. The first kappa shape index (κ1) is 12.7. The summed E-state index contributed by atoms with van der Waals surface area (Å²) in [7, 11) is 0. The third kappa shape index (κ3) is 5.35. The van der Waals surface area contributed by atoms with Gasteiger partial charge in [0.05, 0.1) is 6.42 Å². The molecule has 0 saturated carbocycles. The van der Waals surface area contributed by atoms with Crippen LogP contribution in [0, 0.1) is 0 Å². The van der Waals surface area contributed by atoms with Crippen molar-refractivity contribution in [2.45, 2.75) is 12.8 Å². The lowest BCUT2D eigenvalue weighted by atomic mass is 10.2. The van der Waals surface area contributed by atoms with Crippen LogP contribution in [0.3, 0.4) is 0 Å². The van der Waals surface area contributed by atoms with Crippen molar-refractivity contribution in [1.82, 2.24) is 9.80 Å². The number of carboxylic acids is 1. The molecule has 1 aliphatic heterocycles. The maximum atomic E-state index is 10.4. The maximum absolute atomic E-state index is 10.4. The molecule has 0 atom stereocenters. The van der Waals surface area contributed by atoms with E-state index in [1.54, 1.807) is 0 Å². The topological polar surface area (TPSA) is 43.8 Å². The van der Waals surface area contributed by atoms with E-state index < -0.39 is 5.97 Å². The van der Waals surface area contributed by atoms with Crippen molar-refractivity contribution >= 4 is 17.6 Å². The summed E-state index contributed by atoms with van der Waals surface area (Å²) in [6.45, 7) is 5.78. The van der Waals surface area contributed by atoms with Crippen molar-refractivity contribution in [3.8, 4) is 0 Å². The van der Waals surface area contributed by atoms with Gasteiger partial charge in [-0.15, -0.1) is 11.6 Å². The van der Waals surface area contributed by atoms with Crippen LogP contribution < -0.4 is 0 Å². The number of hydrogen-bond donors (Lipinski definition) is 1. The van der Waals surface area contributed by atoms with Gasteiger partial charge in [-0.1, -0.05) is 0 Å². The monoisotopic (exact) mass is 234 g/mol. The summed E-state index contributed by atoms with van der Waals surface area (Å²) in [4.78, 5) is 15.0. The minimum atomic E-state index is -0.709. The molecule has 0 aromatic carbocycles. The fourth-order valence-electron chi connectivity index (χ4n) is 1.77. The van der Waals surface area contributed by atoms with E-state index in [9.17, 15) is 4.79 Å². The second-order valence-electron chi connectivity index (χ2n) is 3.87. The standard InChI is InChI=1S/C10H19ClN2O2/c11-3-1-4-12-6-8-13(9-7-12)5-2-10(14)15/h1-9H2,(H,14,15). The van der Waals surface area contributed by atoms with E-state index in [1.807, 2.05) is 0 Å². The molecule has 1 saturated heterocycles. The summed E-state index contributed by atoms with van der Waals surface area (Å²) < 4.78 is 0. The number of halogens is 1. The third-order valence-corrected chi connectivity index (χ3v) is 2.98. The molecule has 0 amide bonds. The molecule has 0 bridgehead atoms. The normalized spacial score (nSPS) is 19.3. The molecule has 0 spiro atoms. The Morgan fingerprint density at radius 2 is 1.67 bits per heavy atom. The minimum Gasteiger partial charge on any atom is -0.481 e. The van der Waals surface area contributed by atoms with Crippen LogP contribution in [-0.4, -0.2) is 66.0 Å². The molecule has 1 N–H and O–H groups in total. The van der Waals surface area contributed by atoms with Crippen molar-refractivity contribution in [3.05, 3.63) is 0 Å². The molecule has 0 aromatic heterocycles. The van der Waals surface area contributed by atoms with Crippen molar-refractivity contribution < 1.29 is 9.90 Å². The summed E-state index contributed by atoms with van der Waals surface area (Å²) in [6, 6.07) is 0. The van der Waals surface area contributed by atoms with Gasteiger partial charge in [0.25, 0.3) is 0 Å². The average molecular weight is 235 g/mol. The van der Waals surface area contributed by atoms with Crippen LogP contribution in [0.2, 0.25) is 0 Å². The number of carbonyl (C=O) groups is 1. The number of carboxylic acid groups (broad SMARTS) is 1. The minimum absolute atomic E-state index is 0.252. The number of alkyl halides is 1. The van der Waals surface area contributed by atoms with Gasteiger partial charge in [0.1, 0.15) is 0 Å². The van der Waals surface area contributed by atoms with E-state index in [2.05, 4.69) is 9.80 Å². The molecule has 1 fully saturated rings. The Morgan fingerprint density at radius 3 is 2.13 bits per heavy atom. The SMILES string of the molecule is O=C(O)CCN1CCN(CCCCl)CC1. The van der Waals surface area contributed by atoms with Crippen LogP contribution in [0.25, 0.3) is 0 Å². The number of hydrogen-bond acceptors (Lipinski definition) is 3. The van der Waals surface area contributed by atoms with E-state index in [-0.39, 0.29) is 6.42 Å². The predicted octanol–water partition coefficient (Wildman–Crippen LogP) is 0.708. The number of nitrogens with zero attached hydrogens (tertiary/aromatic N) is 2. The lowest BCUT2D eigenvalue weighted by molar-refractivity contribution is -0.137. The molecule has 88 valence electrons. The second kappa shape index (κ2) is 7.04. The first-order valence-corrected chi connectivity index (χ1v) is 5.98. The molecule has 1 heterocycles. The molecule has 0 aromatic rings. The Balaban J connectivity index is 2.09. The lowest BCUT2D eigenvalue weighted by Crippen LogP contribution is -2.47. The predicted molar refractivity (Wildman–Crippen MR) is 60.5 cm³/mol. The van der Waals surface area contributed by atoms with Crippen molar-refractivity contribution in [3.63, 3.8) is 0 Å². The Labute approximate surface area is 95.8 Å². The molecule has 4 nitrogen and oxygen atoms in total. The molecule has 5 heteroatoms. The van der Waals surface area contributed by atoms with E-state index in [0.29, 0.717) is 6.54 Å². The molecule has 0 radical (unpaired) electrons. The summed E-state index contributed by atoms with van der Waals surface area (Å²) in [5.74, 6) is 0.0127. The van der Waals surface area contributed by atoms with Gasteiger partial charge in [0.15, 0.2) is 0 Å². The van der Waals surface area contributed by atoms with E-state index >= 15 is 0 Å². The lowest BCUT2D eigenvalue weighted by Gasteiger charge is -2.34. The summed E-state index contributed by atoms with van der Waals surface area (Å²) in [5.41, 5.74) is 0. The first-order chi connectivity index (χ1) is 7.22. The molecule has 0 aliphatic carbocycles. The van der Waals surface area contributed by atoms with Crippen molar-refractivity contribution in [1.29, 1.82) is 0 Å². The van der Waals surface area contributed by atoms with E-state index in [1.165, 1.54) is 0 Å². The molecule has 0 unspecified atom stereocenters. The molecule has 15 heavy (non-hydrogen) atoms. The molecular formula is C10H19ClN2O2. The van der Waals surface area contributed by atoms with Crippen LogP contribution in [0.4, 0.5) is 0 Å². The highest BCUT2D eigenvalue weighted by molar-refractivity contribution is 6.17. The second-order valence-corrected chi connectivity index (χ2v) is 4.25. The van der Waals surface area contributed by atoms with Gasteiger partial charge in [0, 0.05) is 38.6 Å². The van der Waals surface area contributed by atoms with Gasteiger partial charge in [-0.2, -0.15) is 0 Å². The quantitative estimate of drug-likeness (QED) is 0.688. The van der Waals surface area contributed by atoms with Gasteiger partial charge in [-0.3, -0.25) is 4.79 Å². The van der Waals surface area contributed by atoms with Gasteiger partial charge >= 0.3 is 5.97 Å². The van der Waals surface area contributed by atoms with Crippen LogP contribution >= 0.6 is 11.6 Å². The van der Waals surface area contributed by atoms with E-state index in [0.717, 1.165) is 45.0 Å². The van der Waals surface area contributed by atoms with Crippen LogP contribution in [0.5, 0.6) is 0 Å². The zero-order chi connectivity index (χ0) is 11.1. The average Bonchev–Trinajstić information content (AvgIpc) is 2.25. The summed E-state index contributed by atoms with van der Waals surface area (Å²) >= 11 is 5.63. The van der Waals surface area contributed by atoms with Gasteiger partial charge in [0.2, 0.25) is 0 Å². The number of piperazine rings is 1. The molecule has 1 rings (SSSR count). The third-order valence-electron chi connectivity index (χ3n) is 2.71. The van der Waals surface area contributed by atoms with Gasteiger partial charge in [-0.25, -0.2) is 0 Å². The molecular weight excluding hydrogens is 216 g/mol. The Hall–Kier alpha value is -0.320.